The van der Waals surface area contributed by atoms with Crippen molar-refractivity contribution in [3.8, 4) is 0 Å². The molecule has 0 unspecified atom stereocenters. The van der Waals surface area contributed by atoms with Crippen LogP contribution in [-0.4, -0.2) is 24.0 Å². The first kappa shape index (κ1) is 12.6. The van der Waals surface area contributed by atoms with E-state index in [1.54, 1.807) is 12.3 Å². The number of carbonyl (C=O) groups excluding carboxylic acids is 1. The topological polar surface area (TPSA) is 54.0 Å². The van der Waals surface area contributed by atoms with Crippen LogP contribution >= 0.6 is 11.6 Å². The molecule has 1 heterocycles. The Labute approximate surface area is 110 Å². The predicted octanol–water partition coefficient (Wildman–Crippen LogP) is 2.44. The lowest BCUT2D eigenvalue weighted by Gasteiger charge is -2.09. The zero-order valence-electron chi connectivity index (χ0n) is 10.0. The first-order chi connectivity index (χ1) is 8.72. The van der Waals surface area contributed by atoms with Gasteiger partial charge in [-0.2, -0.15) is 0 Å². The SMILES string of the molecule is CCNC(=O)CNc1ccc(Cl)c2cccnc12. The van der Waals surface area contributed by atoms with Crippen LogP contribution in [0, 0.1) is 0 Å². The maximum atomic E-state index is 11.4. The number of rotatable bonds is 4. The Morgan fingerprint density at radius 3 is 3.00 bits per heavy atom. The van der Waals surface area contributed by atoms with Crippen LogP contribution in [-0.2, 0) is 4.79 Å². The molecule has 0 aliphatic carbocycles. The fraction of sp³-hybridized carbons (Fsp3) is 0.231. The van der Waals surface area contributed by atoms with E-state index in [1.165, 1.54) is 0 Å². The largest absolute Gasteiger partial charge is 0.374 e. The van der Waals surface area contributed by atoms with E-state index in [1.807, 2.05) is 25.1 Å². The molecule has 2 aromatic rings. The lowest BCUT2D eigenvalue weighted by molar-refractivity contribution is -0.119. The second-order valence-corrected chi connectivity index (χ2v) is 4.21. The maximum absolute atomic E-state index is 11.4. The lowest BCUT2D eigenvalue weighted by Crippen LogP contribution is -2.29. The van der Waals surface area contributed by atoms with E-state index < -0.39 is 0 Å². The highest BCUT2D eigenvalue weighted by Gasteiger charge is 2.06. The molecule has 0 aliphatic heterocycles. The Balaban J connectivity index is 2.24. The van der Waals surface area contributed by atoms with Crippen molar-refractivity contribution in [1.82, 2.24) is 10.3 Å². The van der Waals surface area contributed by atoms with Crippen molar-refractivity contribution in [2.45, 2.75) is 6.92 Å². The number of carbonyl (C=O) groups is 1. The molecule has 18 heavy (non-hydrogen) atoms. The first-order valence-electron chi connectivity index (χ1n) is 5.76. The van der Waals surface area contributed by atoms with Gasteiger partial charge in [0.25, 0.3) is 0 Å². The highest BCUT2D eigenvalue weighted by atomic mass is 35.5. The number of fused-ring (bicyclic) bond motifs is 1. The van der Waals surface area contributed by atoms with E-state index in [4.69, 9.17) is 11.6 Å². The average molecular weight is 264 g/mol. The second kappa shape index (κ2) is 5.69. The van der Waals surface area contributed by atoms with Crippen LogP contribution < -0.4 is 10.6 Å². The molecule has 0 atom stereocenters. The van der Waals surface area contributed by atoms with Crippen molar-refractivity contribution in [2.75, 3.05) is 18.4 Å². The Morgan fingerprint density at radius 1 is 1.39 bits per heavy atom. The van der Waals surface area contributed by atoms with Crippen molar-refractivity contribution >= 4 is 34.1 Å². The summed E-state index contributed by atoms with van der Waals surface area (Å²) in [6.07, 6.45) is 1.70. The summed E-state index contributed by atoms with van der Waals surface area (Å²) >= 11 is 6.09. The van der Waals surface area contributed by atoms with E-state index in [0.29, 0.717) is 11.6 Å². The number of benzene rings is 1. The summed E-state index contributed by atoms with van der Waals surface area (Å²) in [5, 5.41) is 7.32. The molecular weight excluding hydrogens is 250 g/mol. The van der Waals surface area contributed by atoms with Crippen LogP contribution in [0.3, 0.4) is 0 Å². The minimum absolute atomic E-state index is 0.0449. The molecule has 0 bridgehead atoms. The molecular formula is C13H14ClN3O. The van der Waals surface area contributed by atoms with Gasteiger partial charge in [0, 0.05) is 18.1 Å². The quantitative estimate of drug-likeness (QED) is 0.891. The summed E-state index contributed by atoms with van der Waals surface area (Å²) in [5.74, 6) is -0.0449. The molecule has 2 N–H and O–H groups in total. The van der Waals surface area contributed by atoms with E-state index in [0.717, 1.165) is 16.6 Å². The highest BCUT2D eigenvalue weighted by Crippen LogP contribution is 2.27. The molecule has 1 aromatic carbocycles. The highest BCUT2D eigenvalue weighted by molar-refractivity contribution is 6.35. The normalized spacial score (nSPS) is 10.3. The van der Waals surface area contributed by atoms with Crippen LogP contribution in [0.5, 0.6) is 0 Å². The van der Waals surface area contributed by atoms with Crippen molar-refractivity contribution in [2.24, 2.45) is 0 Å². The number of pyridine rings is 1. The molecule has 0 spiro atoms. The molecule has 1 amide bonds. The molecule has 0 fully saturated rings. The van der Waals surface area contributed by atoms with Gasteiger partial charge < -0.3 is 10.6 Å². The second-order valence-electron chi connectivity index (χ2n) is 3.80. The number of nitrogens with one attached hydrogen (secondary N) is 2. The van der Waals surface area contributed by atoms with Crippen molar-refractivity contribution in [3.05, 3.63) is 35.5 Å². The number of nitrogens with zero attached hydrogens (tertiary/aromatic N) is 1. The smallest absolute Gasteiger partial charge is 0.239 e. The van der Waals surface area contributed by atoms with Gasteiger partial charge in [0.2, 0.25) is 5.91 Å². The summed E-state index contributed by atoms with van der Waals surface area (Å²) in [5.41, 5.74) is 1.58. The number of likely N-dealkylation sites (N-methyl/N-ethyl adjacent to an activating group) is 1. The Bertz CT molecular complexity index is 571. The van der Waals surface area contributed by atoms with Gasteiger partial charge in [0.15, 0.2) is 0 Å². The number of halogens is 1. The third kappa shape index (κ3) is 2.71. The monoisotopic (exact) mass is 263 g/mol. The Kier molecular flexibility index (Phi) is 3.99. The Morgan fingerprint density at radius 2 is 2.22 bits per heavy atom. The first-order valence-corrected chi connectivity index (χ1v) is 6.14. The number of aromatic nitrogens is 1. The van der Waals surface area contributed by atoms with Gasteiger partial charge >= 0.3 is 0 Å². The Hall–Kier alpha value is -1.81. The third-order valence-electron chi connectivity index (χ3n) is 2.53. The van der Waals surface area contributed by atoms with E-state index in [2.05, 4.69) is 15.6 Å². The zero-order chi connectivity index (χ0) is 13.0. The van der Waals surface area contributed by atoms with Crippen LogP contribution in [0.15, 0.2) is 30.5 Å². The van der Waals surface area contributed by atoms with Crippen LogP contribution in [0.2, 0.25) is 5.02 Å². The zero-order valence-corrected chi connectivity index (χ0v) is 10.8. The standard InChI is InChI=1S/C13H14ClN3O/c1-2-15-12(18)8-17-11-6-5-10(14)9-4-3-7-16-13(9)11/h3-7,17H,2,8H2,1H3,(H,15,18). The lowest BCUT2D eigenvalue weighted by atomic mass is 10.2. The van der Waals surface area contributed by atoms with E-state index in [9.17, 15) is 4.79 Å². The van der Waals surface area contributed by atoms with Gasteiger partial charge in [0.1, 0.15) is 0 Å². The number of anilines is 1. The van der Waals surface area contributed by atoms with Crippen LogP contribution in [0.1, 0.15) is 6.92 Å². The van der Waals surface area contributed by atoms with E-state index in [-0.39, 0.29) is 12.5 Å². The van der Waals surface area contributed by atoms with Crippen molar-refractivity contribution < 1.29 is 4.79 Å². The summed E-state index contributed by atoms with van der Waals surface area (Å²) in [6.45, 7) is 2.73. The summed E-state index contributed by atoms with van der Waals surface area (Å²) < 4.78 is 0. The minimum Gasteiger partial charge on any atom is -0.374 e. The molecule has 4 nitrogen and oxygen atoms in total. The summed E-state index contributed by atoms with van der Waals surface area (Å²) in [4.78, 5) is 15.7. The number of amides is 1. The van der Waals surface area contributed by atoms with Crippen LogP contribution in [0.25, 0.3) is 10.9 Å². The number of hydrogen-bond donors (Lipinski definition) is 2. The van der Waals surface area contributed by atoms with Crippen molar-refractivity contribution in [1.29, 1.82) is 0 Å². The summed E-state index contributed by atoms with van der Waals surface area (Å²) in [6, 6.07) is 7.37. The van der Waals surface area contributed by atoms with Gasteiger partial charge in [-0.05, 0) is 31.2 Å². The van der Waals surface area contributed by atoms with Crippen molar-refractivity contribution in [3.63, 3.8) is 0 Å². The maximum Gasteiger partial charge on any atom is 0.239 e. The predicted molar refractivity (Wildman–Crippen MR) is 73.9 cm³/mol. The molecule has 2 rings (SSSR count). The fourth-order valence-corrected chi connectivity index (χ4v) is 1.93. The molecule has 0 radical (unpaired) electrons. The molecule has 1 aromatic heterocycles. The third-order valence-corrected chi connectivity index (χ3v) is 2.86. The van der Waals surface area contributed by atoms with Gasteiger partial charge in [0.05, 0.1) is 22.8 Å². The molecule has 0 saturated heterocycles. The number of hydrogen-bond acceptors (Lipinski definition) is 3. The van der Waals surface area contributed by atoms with Gasteiger partial charge in [-0.3, -0.25) is 9.78 Å². The molecule has 94 valence electrons. The minimum atomic E-state index is -0.0449. The summed E-state index contributed by atoms with van der Waals surface area (Å²) in [7, 11) is 0. The van der Waals surface area contributed by atoms with Gasteiger partial charge in [-0.25, -0.2) is 0 Å². The molecule has 0 saturated carbocycles. The average Bonchev–Trinajstić information content (AvgIpc) is 2.39. The van der Waals surface area contributed by atoms with Gasteiger partial charge in [-0.1, -0.05) is 11.6 Å². The molecule has 5 heteroatoms. The van der Waals surface area contributed by atoms with E-state index >= 15 is 0 Å². The van der Waals surface area contributed by atoms with Crippen LogP contribution in [0.4, 0.5) is 5.69 Å². The van der Waals surface area contributed by atoms with Gasteiger partial charge in [-0.15, -0.1) is 0 Å². The fourth-order valence-electron chi connectivity index (χ4n) is 1.72. The molecule has 0 aliphatic rings.